The maximum absolute atomic E-state index is 13.6. The van der Waals surface area contributed by atoms with Crippen LogP contribution in [0.3, 0.4) is 0 Å². The molecule has 0 bridgehead atoms. The number of nitrogens with zero attached hydrogens (tertiary/aromatic N) is 1. The average Bonchev–Trinajstić information content (AvgIpc) is 3.01. The molecular weight excluding hydrogens is 363 g/mol. The Kier molecular flexibility index (Phi) is 5.39. The van der Waals surface area contributed by atoms with Crippen LogP contribution in [0.5, 0.6) is 0 Å². The molecule has 0 spiro atoms. The van der Waals surface area contributed by atoms with Gasteiger partial charge in [-0.15, -0.1) is 11.3 Å². The molecule has 2 atom stereocenters. The lowest BCUT2D eigenvalue weighted by molar-refractivity contribution is -0.144. The minimum absolute atomic E-state index is 0.188. The SMILES string of the molecule is Cc1ccc(C(c2ccccc2C(F)(F)F)N2CCCC(C(=O)O)C2)s1. The molecule has 2 unspecified atom stereocenters. The summed E-state index contributed by atoms with van der Waals surface area (Å²) in [5.41, 5.74) is -0.471. The molecule has 2 heterocycles. The summed E-state index contributed by atoms with van der Waals surface area (Å²) in [7, 11) is 0. The first-order valence-corrected chi connectivity index (χ1v) is 9.28. The summed E-state index contributed by atoms with van der Waals surface area (Å²) in [6.07, 6.45) is -3.24. The zero-order valence-corrected chi connectivity index (χ0v) is 15.1. The molecule has 1 aliphatic rings. The summed E-state index contributed by atoms with van der Waals surface area (Å²) < 4.78 is 40.8. The second kappa shape index (κ2) is 7.40. The van der Waals surface area contributed by atoms with Gasteiger partial charge in [0.15, 0.2) is 0 Å². The van der Waals surface area contributed by atoms with E-state index < -0.39 is 29.7 Å². The Bertz CT molecular complexity index is 787. The van der Waals surface area contributed by atoms with Crippen molar-refractivity contribution in [3.8, 4) is 0 Å². The van der Waals surface area contributed by atoms with Crippen molar-refractivity contribution in [2.24, 2.45) is 5.92 Å². The Morgan fingerprint density at radius 1 is 1.27 bits per heavy atom. The summed E-state index contributed by atoms with van der Waals surface area (Å²) in [5.74, 6) is -1.44. The van der Waals surface area contributed by atoms with E-state index in [4.69, 9.17) is 0 Å². The molecule has 1 fully saturated rings. The lowest BCUT2D eigenvalue weighted by atomic mass is 9.92. The Hall–Kier alpha value is -1.86. The van der Waals surface area contributed by atoms with Crippen LogP contribution in [0.4, 0.5) is 13.2 Å². The van der Waals surface area contributed by atoms with Crippen molar-refractivity contribution in [3.63, 3.8) is 0 Å². The van der Waals surface area contributed by atoms with E-state index in [-0.39, 0.29) is 12.1 Å². The Balaban J connectivity index is 2.07. The molecule has 3 rings (SSSR count). The Morgan fingerprint density at radius 2 is 2.00 bits per heavy atom. The van der Waals surface area contributed by atoms with Gasteiger partial charge in [-0.1, -0.05) is 18.2 Å². The normalized spacial score (nSPS) is 20.1. The van der Waals surface area contributed by atoms with E-state index in [2.05, 4.69) is 0 Å². The fraction of sp³-hybridized carbons (Fsp3) is 0.421. The van der Waals surface area contributed by atoms with Crippen LogP contribution in [0, 0.1) is 12.8 Å². The lowest BCUT2D eigenvalue weighted by Crippen LogP contribution is -2.41. The number of carbonyl (C=O) groups is 1. The number of halogens is 3. The van der Waals surface area contributed by atoms with E-state index in [0.29, 0.717) is 19.4 Å². The van der Waals surface area contributed by atoms with E-state index in [1.165, 1.54) is 23.5 Å². The van der Waals surface area contributed by atoms with Gasteiger partial charge in [0.25, 0.3) is 0 Å². The van der Waals surface area contributed by atoms with Crippen molar-refractivity contribution in [2.45, 2.75) is 32.0 Å². The molecule has 1 saturated heterocycles. The van der Waals surface area contributed by atoms with E-state index >= 15 is 0 Å². The van der Waals surface area contributed by atoms with Crippen LogP contribution in [0.1, 0.15) is 39.8 Å². The first-order chi connectivity index (χ1) is 12.3. The number of hydrogen-bond donors (Lipinski definition) is 1. The summed E-state index contributed by atoms with van der Waals surface area (Å²) in [4.78, 5) is 15.1. The molecule has 0 radical (unpaired) electrons. The number of carboxylic acid groups (broad SMARTS) is 1. The monoisotopic (exact) mass is 383 g/mol. The molecule has 140 valence electrons. The molecule has 3 nitrogen and oxygen atoms in total. The third-order valence-corrected chi connectivity index (χ3v) is 5.81. The molecule has 0 saturated carbocycles. The minimum atomic E-state index is -4.46. The predicted octanol–water partition coefficient (Wildman–Crippen LogP) is 4.96. The smallest absolute Gasteiger partial charge is 0.416 e. The van der Waals surface area contributed by atoms with Gasteiger partial charge in [-0.25, -0.2) is 0 Å². The number of rotatable bonds is 4. The quantitative estimate of drug-likeness (QED) is 0.811. The van der Waals surface area contributed by atoms with Gasteiger partial charge in [-0.3, -0.25) is 9.69 Å². The highest BCUT2D eigenvalue weighted by atomic mass is 32.1. The number of piperidine rings is 1. The van der Waals surface area contributed by atoms with Crippen molar-refractivity contribution in [2.75, 3.05) is 13.1 Å². The van der Waals surface area contributed by atoms with Crippen LogP contribution in [0.25, 0.3) is 0 Å². The molecule has 1 aromatic heterocycles. The molecule has 1 aliphatic heterocycles. The topological polar surface area (TPSA) is 40.5 Å². The first kappa shape index (κ1) is 18.9. The van der Waals surface area contributed by atoms with Gasteiger partial charge < -0.3 is 5.11 Å². The number of carboxylic acids is 1. The number of aliphatic carboxylic acids is 1. The summed E-state index contributed by atoms with van der Waals surface area (Å²) in [6, 6.07) is 8.75. The van der Waals surface area contributed by atoms with E-state index in [1.54, 1.807) is 6.07 Å². The van der Waals surface area contributed by atoms with Crippen molar-refractivity contribution < 1.29 is 23.1 Å². The molecule has 7 heteroatoms. The summed E-state index contributed by atoms with van der Waals surface area (Å²) >= 11 is 1.46. The van der Waals surface area contributed by atoms with Gasteiger partial charge in [0.05, 0.1) is 17.5 Å². The highest BCUT2D eigenvalue weighted by molar-refractivity contribution is 7.12. The largest absolute Gasteiger partial charge is 0.481 e. The zero-order chi connectivity index (χ0) is 18.9. The molecule has 1 aromatic carbocycles. The van der Waals surface area contributed by atoms with Crippen LogP contribution in [-0.2, 0) is 11.0 Å². The third kappa shape index (κ3) is 3.94. The maximum atomic E-state index is 13.6. The number of hydrogen-bond acceptors (Lipinski definition) is 3. The second-order valence-electron chi connectivity index (χ2n) is 6.61. The molecule has 26 heavy (non-hydrogen) atoms. The third-order valence-electron chi connectivity index (χ3n) is 4.76. The van der Waals surface area contributed by atoms with Crippen molar-refractivity contribution >= 4 is 17.3 Å². The van der Waals surface area contributed by atoms with Crippen LogP contribution in [0.2, 0.25) is 0 Å². The van der Waals surface area contributed by atoms with Gasteiger partial charge >= 0.3 is 12.1 Å². The zero-order valence-electron chi connectivity index (χ0n) is 14.3. The highest BCUT2D eigenvalue weighted by Gasteiger charge is 2.39. The number of aryl methyl sites for hydroxylation is 1. The van der Waals surface area contributed by atoms with Gasteiger partial charge in [0.2, 0.25) is 0 Å². The van der Waals surface area contributed by atoms with Crippen LogP contribution in [0.15, 0.2) is 36.4 Å². The fourth-order valence-corrected chi connectivity index (χ4v) is 4.60. The first-order valence-electron chi connectivity index (χ1n) is 8.46. The number of thiophene rings is 1. The Morgan fingerprint density at radius 3 is 2.62 bits per heavy atom. The van der Waals surface area contributed by atoms with Crippen LogP contribution >= 0.6 is 11.3 Å². The van der Waals surface area contributed by atoms with E-state index in [1.807, 2.05) is 24.0 Å². The van der Waals surface area contributed by atoms with Crippen molar-refractivity contribution in [1.82, 2.24) is 4.90 Å². The average molecular weight is 383 g/mol. The highest BCUT2D eigenvalue weighted by Crippen LogP contribution is 2.42. The fourth-order valence-electron chi connectivity index (χ4n) is 3.57. The van der Waals surface area contributed by atoms with E-state index in [9.17, 15) is 23.1 Å². The van der Waals surface area contributed by atoms with Gasteiger partial charge in [0.1, 0.15) is 0 Å². The van der Waals surface area contributed by atoms with Crippen molar-refractivity contribution in [3.05, 3.63) is 57.3 Å². The molecule has 2 aromatic rings. The predicted molar refractivity (Wildman–Crippen MR) is 94.3 cm³/mol. The van der Waals surface area contributed by atoms with Gasteiger partial charge in [-0.05, 0) is 50.1 Å². The van der Waals surface area contributed by atoms with E-state index in [0.717, 1.165) is 15.8 Å². The number of benzene rings is 1. The van der Waals surface area contributed by atoms with Crippen LogP contribution in [-0.4, -0.2) is 29.1 Å². The van der Waals surface area contributed by atoms with Crippen LogP contribution < -0.4 is 0 Å². The summed E-state index contributed by atoms with van der Waals surface area (Å²) in [6.45, 7) is 2.75. The van der Waals surface area contributed by atoms with Crippen molar-refractivity contribution in [1.29, 1.82) is 0 Å². The van der Waals surface area contributed by atoms with Gasteiger partial charge in [-0.2, -0.15) is 13.2 Å². The molecule has 0 aliphatic carbocycles. The Labute approximate surface area is 154 Å². The summed E-state index contributed by atoms with van der Waals surface area (Å²) in [5, 5.41) is 9.36. The molecule has 0 amide bonds. The standard InChI is InChI=1S/C19H20F3NO2S/c1-12-8-9-16(26-12)17(23-10-4-5-13(11-23)18(24)25)14-6-2-3-7-15(14)19(20,21)22/h2-3,6-9,13,17H,4-5,10-11H2,1H3,(H,24,25). The van der Waals surface area contributed by atoms with Gasteiger partial charge in [0, 0.05) is 16.3 Å². The maximum Gasteiger partial charge on any atom is 0.416 e. The second-order valence-corrected chi connectivity index (χ2v) is 7.93. The minimum Gasteiger partial charge on any atom is -0.481 e. The molecule has 1 N–H and O–H groups in total. The lowest BCUT2D eigenvalue weighted by Gasteiger charge is -2.37. The number of likely N-dealkylation sites (tertiary alicyclic amines) is 1. The number of alkyl halides is 3. The molecular formula is C19H20F3NO2S.